The van der Waals surface area contributed by atoms with Gasteiger partial charge in [0.25, 0.3) is 0 Å². The minimum absolute atomic E-state index is 0.519. The molecule has 0 N–H and O–H groups in total. The highest BCUT2D eigenvalue weighted by atomic mass is 16.1. The zero-order valence-electron chi connectivity index (χ0n) is 4.18. The van der Waals surface area contributed by atoms with Crippen molar-refractivity contribution in [2.75, 3.05) is 0 Å². The maximum atomic E-state index is 10.6. The lowest BCUT2D eigenvalue weighted by Gasteiger charge is -2.19. The second-order valence-electron chi connectivity index (χ2n) is 2.70. The van der Waals surface area contributed by atoms with E-state index in [4.69, 9.17) is 0 Å². The average Bonchev–Trinajstić information content (AvgIpc) is 1.85. The lowest BCUT2D eigenvalue weighted by atomic mass is 9.85. The predicted molar refractivity (Wildman–Crippen MR) is 25.8 cm³/mol. The van der Waals surface area contributed by atoms with E-state index in [0.29, 0.717) is 11.7 Å². The van der Waals surface area contributed by atoms with Crippen LogP contribution in [0, 0.1) is 11.8 Å². The standard InChI is InChI=1S/C6H8O/c7-6-3-4-1-5(6)2-4/h4-5H,1-3H2. The molecule has 1 heteroatoms. The molecule has 7 heavy (non-hydrogen) atoms. The second-order valence-corrected chi connectivity index (χ2v) is 2.70. The minimum Gasteiger partial charge on any atom is -0.299 e. The van der Waals surface area contributed by atoms with Crippen molar-refractivity contribution in [3.8, 4) is 0 Å². The van der Waals surface area contributed by atoms with Gasteiger partial charge in [-0.05, 0) is 18.8 Å². The Labute approximate surface area is 42.7 Å². The fourth-order valence-electron chi connectivity index (χ4n) is 1.62. The molecule has 0 aliphatic heterocycles. The van der Waals surface area contributed by atoms with E-state index in [1.807, 2.05) is 0 Å². The third kappa shape index (κ3) is 0.311. The van der Waals surface area contributed by atoms with Crippen LogP contribution in [0.2, 0.25) is 0 Å². The number of hydrogen-bond donors (Lipinski definition) is 0. The van der Waals surface area contributed by atoms with E-state index in [1.54, 1.807) is 0 Å². The van der Waals surface area contributed by atoms with Crippen LogP contribution >= 0.6 is 0 Å². The first-order valence-electron chi connectivity index (χ1n) is 2.89. The van der Waals surface area contributed by atoms with Crippen LogP contribution in [0.4, 0.5) is 0 Å². The van der Waals surface area contributed by atoms with Gasteiger partial charge in [-0.3, -0.25) is 4.79 Å². The highest BCUT2D eigenvalue weighted by Gasteiger charge is 2.42. The minimum atomic E-state index is 0.519. The maximum Gasteiger partial charge on any atom is 0.136 e. The van der Waals surface area contributed by atoms with Gasteiger partial charge in [-0.1, -0.05) is 0 Å². The van der Waals surface area contributed by atoms with Crippen LogP contribution < -0.4 is 0 Å². The topological polar surface area (TPSA) is 17.1 Å². The number of carbonyl (C=O) groups is 1. The molecule has 0 aromatic heterocycles. The van der Waals surface area contributed by atoms with Gasteiger partial charge in [-0.15, -0.1) is 0 Å². The molecule has 0 atom stereocenters. The molecular formula is C6H8O. The molecule has 3 aliphatic rings. The summed E-state index contributed by atoms with van der Waals surface area (Å²) in [5.74, 6) is 1.87. The summed E-state index contributed by atoms with van der Waals surface area (Å²) in [5.41, 5.74) is 0. The molecule has 3 rings (SSSR count). The zero-order valence-corrected chi connectivity index (χ0v) is 4.18. The Hall–Kier alpha value is -0.330. The van der Waals surface area contributed by atoms with Gasteiger partial charge in [0.2, 0.25) is 0 Å². The van der Waals surface area contributed by atoms with Crippen molar-refractivity contribution < 1.29 is 4.79 Å². The van der Waals surface area contributed by atoms with Crippen LogP contribution in [0.25, 0.3) is 0 Å². The van der Waals surface area contributed by atoms with Gasteiger partial charge in [0.15, 0.2) is 0 Å². The van der Waals surface area contributed by atoms with Crippen molar-refractivity contribution in [2.24, 2.45) is 11.8 Å². The molecule has 0 aromatic carbocycles. The Morgan fingerprint density at radius 1 is 1.43 bits per heavy atom. The summed E-state index contributed by atoms with van der Waals surface area (Å²) in [7, 11) is 0. The number of hydrogen-bond acceptors (Lipinski definition) is 1. The van der Waals surface area contributed by atoms with Crippen LogP contribution in [-0.4, -0.2) is 5.78 Å². The van der Waals surface area contributed by atoms with E-state index in [9.17, 15) is 4.79 Å². The summed E-state index contributed by atoms with van der Waals surface area (Å²) >= 11 is 0. The Balaban J connectivity index is 2.27. The lowest BCUT2D eigenvalue weighted by molar-refractivity contribution is -0.119. The van der Waals surface area contributed by atoms with Gasteiger partial charge < -0.3 is 0 Å². The number of fused-ring (bicyclic) bond motifs is 1. The molecule has 1 nitrogen and oxygen atoms in total. The molecule has 0 amide bonds. The molecule has 3 fully saturated rings. The van der Waals surface area contributed by atoms with Crippen LogP contribution in [0.15, 0.2) is 0 Å². The summed E-state index contributed by atoms with van der Waals surface area (Å²) < 4.78 is 0. The van der Waals surface area contributed by atoms with E-state index in [-0.39, 0.29) is 0 Å². The third-order valence-corrected chi connectivity index (χ3v) is 2.18. The molecule has 0 spiro atoms. The fourth-order valence-corrected chi connectivity index (χ4v) is 1.62. The van der Waals surface area contributed by atoms with Gasteiger partial charge in [0.05, 0.1) is 0 Å². The number of Topliss-reactive ketones (excluding diaryl/α,β-unsaturated/α-hetero) is 1. The molecule has 0 saturated heterocycles. The molecular weight excluding hydrogens is 88.1 g/mol. The summed E-state index contributed by atoms with van der Waals surface area (Å²) in [5, 5.41) is 0. The van der Waals surface area contributed by atoms with E-state index >= 15 is 0 Å². The smallest absolute Gasteiger partial charge is 0.136 e. The third-order valence-electron chi connectivity index (χ3n) is 2.18. The summed E-state index contributed by atoms with van der Waals surface area (Å²) in [6.45, 7) is 0. The van der Waals surface area contributed by atoms with Crippen LogP contribution in [-0.2, 0) is 4.79 Å². The SMILES string of the molecule is O=C1CC2CC1C2. The number of carbonyl (C=O) groups excluding carboxylic acids is 1. The van der Waals surface area contributed by atoms with E-state index in [2.05, 4.69) is 0 Å². The van der Waals surface area contributed by atoms with Gasteiger partial charge in [0, 0.05) is 12.3 Å². The zero-order chi connectivity index (χ0) is 4.85. The molecule has 0 aromatic rings. The van der Waals surface area contributed by atoms with E-state index < -0.39 is 0 Å². The van der Waals surface area contributed by atoms with Gasteiger partial charge >= 0.3 is 0 Å². The Morgan fingerprint density at radius 2 is 2.14 bits per heavy atom. The Kier molecular flexibility index (Phi) is 0.473. The molecule has 0 heterocycles. The molecule has 3 saturated carbocycles. The van der Waals surface area contributed by atoms with Crippen LogP contribution in [0.1, 0.15) is 19.3 Å². The van der Waals surface area contributed by atoms with Crippen molar-refractivity contribution in [3.05, 3.63) is 0 Å². The Morgan fingerprint density at radius 3 is 2.29 bits per heavy atom. The van der Waals surface area contributed by atoms with Gasteiger partial charge in [0.1, 0.15) is 5.78 Å². The Bertz CT molecular complexity index is 111. The molecule has 38 valence electrons. The molecule has 0 radical (unpaired) electrons. The summed E-state index contributed by atoms with van der Waals surface area (Å²) in [6.07, 6.45) is 3.35. The van der Waals surface area contributed by atoms with Crippen molar-refractivity contribution in [1.29, 1.82) is 0 Å². The van der Waals surface area contributed by atoms with Gasteiger partial charge in [-0.25, -0.2) is 0 Å². The van der Waals surface area contributed by atoms with Crippen LogP contribution in [0.5, 0.6) is 0 Å². The first-order valence-corrected chi connectivity index (χ1v) is 2.89. The fraction of sp³-hybridized carbons (Fsp3) is 0.833. The largest absolute Gasteiger partial charge is 0.299 e. The van der Waals surface area contributed by atoms with Crippen LogP contribution in [0.3, 0.4) is 0 Å². The lowest BCUT2D eigenvalue weighted by Crippen LogP contribution is -2.13. The highest BCUT2D eigenvalue weighted by molar-refractivity contribution is 5.86. The predicted octanol–water partition coefficient (Wildman–Crippen LogP) is 0.985. The average molecular weight is 96.1 g/mol. The monoisotopic (exact) mass is 96.1 g/mol. The molecule has 2 bridgehead atoms. The quantitative estimate of drug-likeness (QED) is 0.439. The first kappa shape index (κ1) is 3.65. The van der Waals surface area contributed by atoms with Crippen molar-refractivity contribution >= 4 is 5.78 Å². The van der Waals surface area contributed by atoms with Crippen molar-refractivity contribution in [2.45, 2.75) is 19.3 Å². The normalized spacial score (nSPS) is 46.6. The second kappa shape index (κ2) is 0.908. The van der Waals surface area contributed by atoms with Gasteiger partial charge in [-0.2, -0.15) is 0 Å². The summed E-state index contributed by atoms with van der Waals surface area (Å²) in [6, 6.07) is 0. The van der Waals surface area contributed by atoms with Crippen molar-refractivity contribution in [1.82, 2.24) is 0 Å². The summed E-state index contributed by atoms with van der Waals surface area (Å²) in [4.78, 5) is 10.6. The molecule has 3 aliphatic carbocycles. The van der Waals surface area contributed by atoms with E-state index in [1.165, 1.54) is 12.8 Å². The first-order chi connectivity index (χ1) is 3.36. The number of ketones is 1. The van der Waals surface area contributed by atoms with Crippen molar-refractivity contribution in [3.63, 3.8) is 0 Å². The number of rotatable bonds is 0. The molecule has 0 unspecified atom stereocenters. The van der Waals surface area contributed by atoms with E-state index in [0.717, 1.165) is 12.3 Å². The highest BCUT2D eigenvalue weighted by Crippen LogP contribution is 2.45. The maximum absolute atomic E-state index is 10.6.